The first-order valence-electron chi connectivity index (χ1n) is 13.8. The smallest absolute Gasteiger partial charge is 0.354 e. The van der Waals surface area contributed by atoms with Gasteiger partial charge in [-0.05, 0) is 74.2 Å². The maximum atomic E-state index is 13.6. The van der Waals surface area contributed by atoms with Crippen LogP contribution in [0.15, 0.2) is 48.5 Å². The van der Waals surface area contributed by atoms with Gasteiger partial charge >= 0.3 is 5.97 Å². The van der Waals surface area contributed by atoms with E-state index in [-0.39, 0.29) is 23.5 Å². The molecule has 1 aromatic heterocycles. The Balaban J connectivity index is 1.28. The number of aromatic carboxylic acids is 1. The number of benzene rings is 2. The fraction of sp³-hybridized carbons (Fsp3) is 0.387. The van der Waals surface area contributed by atoms with E-state index < -0.39 is 5.97 Å². The highest BCUT2D eigenvalue weighted by Gasteiger charge is 2.33. The number of carbonyl (C=O) groups is 2. The molecule has 8 nitrogen and oxygen atoms in total. The van der Waals surface area contributed by atoms with Crippen molar-refractivity contribution in [2.45, 2.75) is 45.7 Å². The molecule has 0 bridgehead atoms. The molecular weight excluding hydrogens is 513 g/mol. The summed E-state index contributed by atoms with van der Waals surface area (Å²) in [5.74, 6) is -0.0244. The van der Waals surface area contributed by atoms with Crippen LogP contribution in [0.1, 0.15) is 58.8 Å². The Morgan fingerprint density at radius 1 is 1.00 bits per heavy atom. The SMILES string of the molecule is CCOc1cc(CN2CCC(N3CCc4nc(C(=O)O)ccc4C3=O)CC2)cc(OCC)c1-c1ccc(F)cc1. The number of aromatic nitrogens is 1. The predicted molar refractivity (Wildman–Crippen MR) is 148 cm³/mol. The van der Waals surface area contributed by atoms with Gasteiger partial charge in [0, 0.05) is 38.6 Å². The van der Waals surface area contributed by atoms with Crippen molar-refractivity contribution >= 4 is 11.9 Å². The van der Waals surface area contributed by atoms with Gasteiger partial charge < -0.3 is 19.5 Å². The number of rotatable bonds is 9. The lowest BCUT2D eigenvalue weighted by molar-refractivity contribution is 0.0541. The molecule has 0 atom stereocenters. The number of amides is 1. The minimum absolute atomic E-state index is 0.0287. The van der Waals surface area contributed by atoms with E-state index in [1.54, 1.807) is 18.2 Å². The zero-order valence-electron chi connectivity index (χ0n) is 22.9. The fourth-order valence-corrected chi connectivity index (χ4v) is 5.66. The molecule has 210 valence electrons. The van der Waals surface area contributed by atoms with Crippen LogP contribution in [-0.4, -0.2) is 70.7 Å². The van der Waals surface area contributed by atoms with Gasteiger partial charge in [-0.15, -0.1) is 0 Å². The molecular formula is C31H34FN3O5. The van der Waals surface area contributed by atoms with E-state index in [0.717, 1.165) is 49.2 Å². The van der Waals surface area contributed by atoms with Crippen molar-refractivity contribution < 1.29 is 28.6 Å². The van der Waals surface area contributed by atoms with Crippen LogP contribution in [0.3, 0.4) is 0 Å². The highest BCUT2D eigenvalue weighted by atomic mass is 19.1. The minimum Gasteiger partial charge on any atom is -0.493 e. The van der Waals surface area contributed by atoms with Crippen molar-refractivity contribution in [1.29, 1.82) is 0 Å². The average molecular weight is 548 g/mol. The Hall–Kier alpha value is -3.98. The molecule has 2 aliphatic rings. The molecule has 5 rings (SSSR count). The number of hydrogen-bond donors (Lipinski definition) is 1. The molecule has 3 aromatic rings. The number of carboxylic acid groups (broad SMARTS) is 1. The lowest BCUT2D eigenvalue weighted by Gasteiger charge is -2.40. The van der Waals surface area contributed by atoms with E-state index in [4.69, 9.17) is 9.47 Å². The molecule has 0 saturated carbocycles. The number of fused-ring (bicyclic) bond motifs is 1. The molecule has 9 heteroatoms. The number of pyridine rings is 1. The van der Waals surface area contributed by atoms with E-state index >= 15 is 0 Å². The van der Waals surface area contributed by atoms with E-state index in [1.165, 1.54) is 18.2 Å². The molecule has 0 radical (unpaired) electrons. The summed E-state index contributed by atoms with van der Waals surface area (Å²) in [5.41, 5.74) is 3.77. The number of nitrogens with zero attached hydrogens (tertiary/aromatic N) is 3. The molecule has 1 N–H and O–H groups in total. The average Bonchev–Trinajstić information content (AvgIpc) is 2.95. The van der Waals surface area contributed by atoms with Gasteiger partial charge in [0.2, 0.25) is 0 Å². The van der Waals surface area contributed by atoms with E-state index in [2.05, 4.69) is 9.88 Å². The Labute approximate surface area is 233 Å². The van der Waals surface area contributed by atoms with Gasteiger partial charge in [-0.2, -0.15) is 0 Å². The third-order valence-corrected chi connectivity index (χ3v) is 7.54. The fourth-order valence-electron chi connectivity index (χ4n) is 5.66. The summed E-state index contributed by atoms with van der Waals surface area (Å²) >= 11 is 0. The van der Waals surface area contributed by atoms with Crippen LogP contribution in [0.5, 0.6) is 11.5 Å². The van der Waals surface area contributed by atoms with Crippen LogP contribution >= 0.6 is 0 Å². The van der Waals surface area contributed by atoms with Crippen LogP contribution in [0, 0.1) is 5.82 Å². The first-order chi connectivity index (χ1) is 19.4. The summed E-state index contributed by atoms with van der Waals surface area (Å²) in [4.78, 5) is 32.9. The number of carbonyl (C=O) groups excluding carboxylic acids is 1. The van der Waals surface area contributed by atoms with Crippen LogP contribution in [0.2, 0.25) is 0 Å². The zero-order chi connectivity index (χ0) is 28.2. The van der Waals surface area contributed by atoms with Gasteiger partial charge in [-0.1, -0.05) is 12.1 Å². The van der Waals surface area contributed by atoms with Crippen molar-refractivity contribution in [3.05, 3.63) is 76.9 Å². The van der Waals surface area contributed by atoms with Gasteiger partial charge in [-0.3, -0.25) is 9.69 Å². The van der Waals surface area contributed by atoms with E-state index in [0.29, 0.717) is 48.9 Å². The number of carboxylic acids is 1. The topological polar surface area (TPSA) is 92.2 Å². The number of halogens is 1. The van der Waals surface area contributed by atoms with Crippen LogP contribution in [-0.2, 0) is 13.0 Å². The number of piperidine rings is 1. The Morgan fingerprint density at radius 3 is 2.25 bits per heavy atom. The monoisotopic (exact) mass is 547 g/mol. The third-order valence-electron chi connectivity index (χ3n) is 7.54. The third kappa shape index (κ3) is 5.79. The van der Waals surface area contributed by atoms with Crippen molar-refractivity contribution in [3.8, 4) is 22.6 Å². The van der Waals surface area contributed by atoms with Crippen molar-refractivity contribution in [2.75, 3.05) is 32.8 Å². The summed E-state index contributed by atoms with van der Waals surface area (Å²) < 4.78 is 25.6. The lowest BCUT2D eigenvalue weighted by Crippen LogP contribution is -2.50. The number of likely N-dealkylation sites (tertiary alicyclic amines) is 1. The summed E-state index contributed by atoms with van der Waals surface area (Å²) in [6.45, 7) is 7.81. The first-order valence-corrected chi connectivity index (χ1v) is 13.8. The number of ether oxygens (including phenoxy) is 2. The zero-order valence-corrected chi connectivity index (χ0v) is 22.9. The molecule has 2 aliphatic heterocycles. The molecule has 0 aliphatic carbocycles. The Kier molecular flexibility index (Phi) is 8.30. The second-order valence-electron chi connectivity index (χ2n) is 10.1. The first kappa shape index (κ1) is 27.6. The summed E-state index contributed by atoms with van der Waals surface area (Å²) in [6.07, 6.45) is 2.27. The second-order valence-corrected chi connectivity index (χ2v) is 10.1. The molecule has 1 amide bonds. The van der Waals surface area contributed by atoms with Crippen molar-refractivity contribution in [1.82, 2.24) is 14.8 Å². The van der Waals surface area contributed by atoms with Gasteiger partial charge in [0.25, 0.3) is 5.91 Å². The summed E-state index contributed by atoms with van der Waals surface area (Å²) in [7, 11) is 0. The Bertz CT molecular complexity index is 1360. The molecule has 1 saturated heterocycles. The maximum Gasteiger partial charge on any atom is 0.354 e. The lowest BCUT2D eigenvalue weighted by atomic mass is 9.96. The molecule has 1 fully saturated rings. The summed E-state index contributed by atoms with van der Waals surface area (Å²) in [5, 5.41) is 9.21. The highest BCUT2D eigenvalue weighted by Crippen LogP contribution is 2.40. The quantitative estimate of drug-likeness (QED) is 0.401. The molecule has 2 aromatic carbocycles. The molecule has 0 unspecified atom stereocenters. The van der Waals surface area contributed by atoms with Crippen molar-refractivity contribution in [2.24, 2.45) is 0 Å². The van der Waals surface area contributed by atoms with Gasteiger partial charge in [0.15, 0.2) is 0 Å². The van der Waals surface area contributed by atoms with Crippen LogP contribution in [0.25, 0.3) is 11.1 Å². The van der Waals surface area contributed by atoms with Crippen LogP contribution in [0.4, 0.5) is 4.39 Å². The molecule has 3 heterocycles. The standard InChI is InChI=1S/C31H34FN3O5/c1-3-39-27-17-20(18-28(40-4-2)29(27)21-5-7-22(32)8-6-21)19-34-14-11-23(12-15-34)35-16-13-25-24(30(35)36)9-10-26(33-25)31(37)38/h5-10,17-18,23H,3-4,11-16,19H2,1-2H3,(H,37,38). The normalized spacial score (nSPS) is 16.1. The highest BCUT2D eigenvalue weighted by molar-refractivity contribution is 5.97. The van der Waals surface area contributed by atoms with E-state index in [9.17, 15) is 19.1 Å². The molecule has 40 heavy (non-hydrogen) atoms. The molecule has 0 spiro atoms. The van der Waals surface area contributed by atoms with Gasteiger partial charge in [0.1, 0.15) is 23.0 Å². The minimum atomic E-state index is -1.09. The Morgan fingerprint density at radius 2 is 1.65 bits per heavy atom. The number of hydrogen-bond acceptors (Lipinski definition) is 6. The van der Waals surface area contributed by atoms with Crippen molar-refractivity contribution in [3.63, 3.8) is 0 Å². The summed E-state index contributed by atoms with van der Waals surface area (Å²) in [6, 6.07) is 13.6. The maximum absolute atomic E-state index is 13.6. The predicted octanol–water partition coefficient (Wildman–Crippen LogP) is 5.05. The second kappa shape index (κ2) is 12.0. The van der Waals surface area contributed by atoms with Gasteiger partial charge in [-0.25, -0.2) is 14.2 Å². The largest absolute Gasteiger partial charge is 0.493 e. The van der Waals surface area contributed by atoms with Gasteiger partial charge in [0.05, 0.1) is 30.0 Å². The van der Waals surface area contributed by atoms with Crippen LogP contribution < -0.4 is 9.47 Å². The van der Waals surface area contributed by atoms with E-state index in [1.807, 2.05) is 30.9 Å².